The van der Waals surface area contributed by atoms with E-state index in [1.54, 1.807) is 6.08 Å². The highest BCUT2D eigenvalue weighted by molar-refractivity contribution is 5.89. The van der Waals surface area contributed by atoms with Gasteiger partial charge in [-0.3, -0.25) is 9.59 Å². The highest BCUT2D eigenvalue weighted by Crippen LogP contribution is 2.04. The van der Waals surface area contributed by atoms with Gasteiger partial charge in [0, 0.05) is 6.08 Å². The monoisotopic (exact) mass is 303 g/mol. The summed E-state index contributed by atoms with van der Waals surface area (Å²) in [6.45, 7) is 2.91. The van der Waals surface area contributed by atoms with Gasteiger partial charge in [0.05, 0.1) is 6.04 Å². The van der Waals surface area contributed by atoms with Crippen LogP contribution in [-0.2, 0) is 25.5 Å². The zero-order chi connectivity index (χ0) is 16.4. The molecule has 0 aliphatic rings. The molecule has 5 heteroatoms. The lowest BCUT2D eigenvalue weighted by atomic mass is 10.0. The second-order valence-corrected chi connectivity index (χ2v) is 4.84. The van der Waals surface area contributed by atoms with Gasteiger partial charge >= 0.3 is 5.97 Å². The van der Waals surface area contributed by atoms with Gasteiger partial charge in [0.1, 0.15) is 0 Å². The van der Waals surface area contributed by atoms with Gasteiger partial charge in [-0.25, -0.2) is 4.79 Å². The normalized spacial score (nSPS) is 11.9. The predicted octanol–water partition coefficient (Wildman–Crippen LogP) is 1.81. The second-order valence-electron chi connectivity index (χ2n) is 4.84. The molecule has 1 aromatic carbocycles. The number of allylic oxidation sites excluding steroid dienone is 1. The molecule has 118 valence electrons. The highest BCUT2D eigenvalue weighted by Gasteiger charge is 2.18. The molecule has 0 aliphatic heterocycles. The molecule has 0 bridgehead atoms. The molecule has 0 fully saturated rings. The average Bonchev–Trinajstić information content (AvgIpc) is 2.51. The van der Waals surface area contributed by atoms with Crippen LogP contribution in [0.15, 0.2) is 42.5 Å². The molecule has 1 rings (SSSR count). The first-order chi connectivity index (χ1) is 10.5. The number of Topliss-reactive ketones (excluding diaryl/α,β-unsaturated/α-hetero) is 1. The maximum atomic E-state index is 11.8. The van der Waals surface area contributed by atoms with Crippen molar-refractivity contribution in [3.63, 3.8) is 0 Å². The predicted molar refractivity (Wildman–Crippen MR) is 83.1 cm³/mol. The summed E-state index contributed by atoms with van der Waals surface area (Å²) in [6, 6.07) is 8.77. The first kappa shape index (κ1) is 17.6. The van der Waals surface area contributed by atoms with Crippen molar-refractivity contribution >= 4 is 17.7 Å². The van der Waals surface area contributed by atoms with Crippen LogP contribution in [-0.4, -0.2) is 30.3 Å². The Morgan fingerprint density at radius 3 is 2.50 bits per heavy atom. The number of ketones is 1. The topological polar surface area (TPSA) is 72.5 Å². The molecule has 0 spiro atoms. The molecule has 1 aromatic rings. The number of esters is 1. The molecule has 5 nitrogen and oxygen atoms in total. The smallest absolute Gasteiger partial charge is 0.330 e. The fourth-order valence-corrected chi connectivity index (χ4v) is 1.78. The van der Waals surface area contributed by atoms with E-state index in [0.717, 1.165) is 5.56 Å². The molecule has 0 aliphatic carbocycles. The first-order valence-corrected chi connectivity index (χ1v) is 7.20. The third-order valence-electron chi connectivity index (χ3n) is 2.94. The Balaban J connectivity index is 2.49. The summed E-state index contributed by atoms with van der Waals surface area (Å²) in [7, 11) is 0. The van der Waals surface area contributed by atoms with E-state index in [-0.39, 0.29) is 5.78 Å². The zero-order valence-corrected chi connectivity index (χ0v) is 12.9. The Labute approximate surface area is 130 Å². The van der Waals surface area contributed by atoms with Crippen molar-refractivity contribution in [1.82, 2.24) is 5.32 Å². The van der Waals surface area contributed by atoms with Crippen molar-refractivity contribution in [2.45, 2.75) is 32.7 Å². The Hall–Kier alpha value is -2.43. The summed E-state index contributed by atoms with van der Waals surface area (Å²) in [4.78, 5) is 34.7. The van der Waals surface area contributed by atoms with Crippen molar-refractivity contribution in [2.24, 2.45) is 0 Å². The van der Waals surface area contributed by atoms with Crippen LogP contribution in [0.3, 0.4) is 0 Å². The lowest BCUT2D eigenvalue weighted by Gasteiger charge is -2.16. The van der Waals surface area contributed by atoms with Crippen LogP contribution in [0.25, 0.3) is 0 Å². The molecule has 22 heavy (non-hydrogen) atoms. The Morgan fingerprint density at radius 2 is 1.91 bits per heavy atom. The summed E-state index contributed by atoms with van der Waals surface area (Å²) >= 11 is 0. The van der Waals surface area contributed by atoms with Gasteiger partial charge in [-0.15, -0.1) is 0 Å². The number of nitrogens with one attached hydrogen (secondary N) is 1. The Morgan fingerprint density at radius 1 is 1.23 bits per heavy atom. The fourth-order valence-electron chi connectivity index (χ4n) is 1.78. The van der Waals surface area contributed by atoms with Crippen molar-refractivity contribution in [3.8, 4) is 0 Å². The Bertz CT molecular complexity index is 537. The van der Waals surface area contributed by atoms with Crippen molar-refractivity contribution in [2.75, 3.05) is 6.61 Å². The standard InChI is InChI=1S/C17H21NO4/c1-3-4-10-17(21)22-12-16(20)18-15(13(2)19)11-14-8-6-5-7-9-14/h4-10,15H,3,11-12H2,1-2H3,(H,18,20)/b10-4+/t15-/m1/s1. The molecular formula is C17H21NO4. The largest absolute Gasteiger partial charge is 0.452 e. The number of hydrogen-bond donors (Lipinski definition) is 1. The molecule has 0 saturated carbocycles. The lowest BCUT2D eigenvalue weighted by Crippen LogP contribution is -2.43. The zero-order valence-electron chi connectivity index (χ0n) is 12.9. The van der Waals surface area contributed by atoms with E-state index in [4.69, 9.17) is 4.74 Å². The minimum absolute atomic E-state index is 0.144. The van der Waals surface area contributed by atoms with Gasteiger partial charge in [-0.05, 0) is 25.3 Å². The van der Waals surface area contributed by atoms with Gasteiger partial charge in [-0.2, -0.15) is 0 Å². The second kappa shape index (κ2) is 9.50. The number of rotatable bonds is 8. The van der Waals surface area contributed by atoms with Gasteiger partial charge in [0.2, 0.25) is 0 Å². The van der Waals surface area contributed by atoms with E-state index in [2.05, 4.69) is 5.32 Å². The van der Waals surface area contributed by atoms with E-state index in [9.17, 15) is 14.4 Å². The van der Waals surface area contributed by atoms with Crippen LogP contribution in [0, 0.1) is 0 Å². The summed E-state index contributed by atoms with van der Waals surface area (Å²) in [5, 5.41) is 2.59. The van der Waals surface area contributed by atoms with E-state index in [1.807, 2.05) is 37.3 Å². The minimum atomic E-state index is -0.625. The maximum absolute atomic E-state index is 11.8. The van der Waals surface area contributed by atoms with Crippen LogP contribution in [0.5, 0.6) is 0 Å². The molecule has 1 N–H and O–H groups in total. The number of benzene rings is 1. The van der Waals surface area contributed by atoms with Crippen molar-refractivity contribution < 1.29 is 19.1 Å². The third-order valence-corrected chi connectivity index (χ3v) is 2.94. The molecule has 0 radical (unpaired) electrons. The van der Waals surface area contributed by atoms with Crippen LogP contribution in [0.4, 0.5) is 0 Å². The van der Waals surface area contributed by atoms with E-state index in [1.165, 1.54) is 13.0 Å². The molecule has 1 atom stereocenters. The maximum Gasteiger partial charge on any atom is 0.330 e. The summed E-state index contributed by atoms with van der Waals surface area (Å²) in [5.74, 6) is -1.21. The minimum Gasteiger partial charge on any atom is -0.452 e. The van der Waals surface area contributed by atoms with E-state index < -0.39 is 24.5 Å². The Kier molecular flexibility index (Phi) is 7.61. The number of hydrogen-bond acceptors (Lipinski definition) is 4. The lowest BCUT2D eigenvalue weighted by molar-refractivity contribution is -0.144. The van der Waals surface area contributed by atoms with Gasteiger partial charge in [0.25, 0.3) is 5.91 Å². The van der Waals surface area contributed by atoms with Crippen LogP contribution >= 0.6 is 0 Å². The van der Waals surface area contributed by atoms with Crippen LogP contribution < -0.4 is 5.32 Å². The van der Waals surface area contributed by atoms with Crippen molar-refractivity contribution in [3.05, 3.63) is 48.0 Å². The van der Waals surface area contributed by atoms with Gasteiger partial charge < -0.3 is 10.1 Å². The first-order valence-electron chi connectivity index (χ1n) is 7.20. The van der Waals surface area contributed by atoms with Crippen molar-refractivity contribution in [1.29, 1.82) is 0 Å². The number of ether oxygens (including phenoxy) is 1. The van der Waals surface area contributed by atoms with Crippen LogP contribution in [0.1, 0.15) is 25.8 Å². The molecular weight excluding hydrogens is 282 g/mol. The van der Waals surface area contributed by atoms with E-state index in [0.29, 0.717) is 12.8 Å². The average molecular weight is 303 g/mol. The number of carbonyl (C=O) groups is 3. The molecule has 0 aromatic heterocycles. The summed E-state index contributed by atoms with van der Waals surface area (Å²) in [5.41, 5.74) is 0.950. The summed E-state index contributed by atoms with van der Waals surface area (Å²) < 4.78 is 4.79. The SMILES string of the molecule is CC/C=C/C(=O)OCC(=O)N[C@H](Cc1ccccc1)C(C)=O. The van der Waals surface area contributed by atoms with Gasteiger partial charge in [0.15, 0.2) is 12.4 Å². The van der Waals surface area contributed by atoms with Crippen LogP contribution in [0.2, 0.25) is 0 Å². The molecule has 1 amide bonds. The fraction of sp³-hybridized carbons (Fsp3) is 0.353. The number of carbonyl (C=O) groups excluding carboxylic acids is 3. The van der Waals surface area contributed by atoms with Gasteiger partial charge in [-0.1, -0.05) is 43.3 Å². The highest BCUT2D eigenvalue weighted by atomic mass is 16.5. The van der Waals surface area contributed by atoms with E-state index >= 15 is 0 Å². The number of amides is 1. The third kappa shape index (κ3) is 6.83. The summed E-state index contributed by atoms with van der Waals surface area (Å²) in [6.07, 6.45) is 4.05. The molecule has 0 unspecified atom stereocenters. The quantitative estimate of drug-likeness (QED) is 0.587. The molecule has 0 saturated heterocycles. The molecule has 0 heterocycles.